The monoisotopic (exact) mass is 545 g/mol. The number of aryl methyl sites for hydroxylation is 1. The van der Waals surface area contributed by atoms with Crippen LogP contribution in [0.25, 0.3) is 0 Å². The summed E-state index contributed by atoms with van der Waals surface area (Å²) in [7, 11) is 0. The SMILES string of the molecule is Cc1ccc(NC(=O)C(C(C)c2ccccc2)N2C(=O)N[C@H](c3ccc(OCC4(C)COC4)cc3)C2=O)c(F)c1. The van der Waals surface area contributed by atoms with Crippen molar-refractivity contribution in [1.82, 2.24) is 10.2 Å². The lowest BCUT2D eigenvalue weighted by Crippen LogP contribution is -2.50. The minimum absolute atomic E-state index is 0.0128. The Balaban J connectivity index is 1.38. The quantitative estimate of drug-likeness (QED) is 0.371. The van der Waals surface area contributed by atoms with Crippen molar-refractivity contribution in [1.29, 1.82) is 0 Å². The van der Waals surface area contributed by atoms with E-state index in [9.17, 15) is 18.8 Å². The van der Waals surface area contributed by atoms with Gasteiger partial charge in [-0.25, -0.2) is 14.1 Å². The van der Waals surface area contributed by atoms with Crippen molar-refractivity contribution in [2.75, 3.05) is 25.1 Å². The van der Waals surface area contributed by atoms with Crippen molar-refractivity contribution in [3.63, 3.8) is 0 Å². The largest absolute Gasteiger partial charge is 0.493 e. The van der Waals surface area contributed by atoms with Crippen LogP contribution in [-0.4, -0.2) is 48.6 Å². The molecule has 4 amide bonds. The molecule has 3 aromatic carbocycles. The van der Waals surface area contributed by atoms with Crippen LogP contribution in [0.5, 0.6) is 5.75 Å². The normalized spacial score (nSPS) is 19.4. The van der Waals surface area contributed by atoms with Crippen molar-refractivity contribution in [3.8, 4) is 5.75 Å². The number of nitrogens with one attached hydrogen (secondary N) is 2. The number of amides is 4. The molecule has 0 radical (unpaired) electrons. The number of urea groups is 1. The number of benzene rings is 3. The van der Waals surface area contributed by atoms with Gasteiger partial charge in [0.2, 0.25) is 5.91 Å². The van der Waals surface area contributed by atoms with Gasteiger partial charge in [-0.3, -0.25) is 9.59 Å². The lowest BCUT2D eigenvalue weighted by atomic mass is 9.90. The summed E-state index contributed by atoms with van der Waals surface area (Å²) in [5.74, 6) is -1.77. The summed E-state index contributed by atoms with van der Waals surface area (Å²) in [6.07, 6.45) is 0. The zero-order valence-electron chi connectivity index (χ0n) is 22.6. The third kappa shape index (κ3) is 5.56. The topological polar surface area (TPSA) is 97.0 Å². The van der Waals surface area contributed by atoms with Crippen LogP contribution in [-0.2, 0) is 14.3 Å². The third-order valence-electron chi connectivity index (χ3n) is 7.40. The molecule has 2 heterocycles. The van der Waals surface area contributed by atoms with Crippen molar-refractivity contribution in [3.05, 3.63) is 95.3 Å². The van der Waals surface area contributed by atoms with Gasteiger partial charge in [-0.15, -0.1) is 0 Å². The first-order valence-corrected chi connectivity index (χ1v) is 13.2. The summed E-state index contributed by atoms with van der Waals surface area (Å²) in [5.41, 5.74) is 1.97. The van der Waals surface area contributed by atoms with E-state index in [2.05, 4.69) is 17.6 Å². The van der Waals surface area contributed by atoms with E-state index in [1.165, 1.54) is 12.1 Å². The number of nitrogens with zero attached hydrogens (tertiary/aromatic N) is 1. The van der Waals surface area contributed by atoms with Gasteiger partial charge in [-0.2, -0.15) is 0 Å². The summed E-state index contributed by atoms with van der Waals surface area (Å²) >= 11 is 0. The van der Waals surface area contributed by atoms with Crippen molar-refractivity contribution in [2.45, 2.75) is 38.8 Å². The highest BCUT2D eigenvalue weighted by Gasteiger charge is 2.47. The lowest BCUT2D eigenvalue weighted by Gasteiger charge is -2.37. The van der Waals surface area contributed by atoms with Crippen LogP contribution in [0.1, 0.15) is 42.5 Å². The fourth-order valence-corrected chi connectivity index (χ4v) is 4.97. The Kier molecular flexibility index (Phi) is 7.58. The molecule has 2 N–H and O–H groups in total. The van der Waals surface area contributed by atoms with Gasteiger partial charge in [-0.1, -0.05) is 62.4 Å². The Morgan fingerprint density at radius 1 is 1.12 bits per heavy atom. The maximum absolute atomic E-state index is 14.6. The van der Waals surface area contributed by atoms with E-state index in [-0.39, 0.29) is 11.1 Å². The average Bonchev–Trinajstić information content (AvgIpc) is 3.22. The highest BCUT2D eigenvalue weighted by Crippen LogP contribution is 2.32. The summed E-state index contributed by atoms with van der Waals surface area (Å²) in [4.78, 5) is 41.5. The molecule has 0 aromatic heterocycles. The van der Waals surface area contributed by atoms with Crippen LogP contribution in [0.3, 0.4) is 0 Å². The predicted octanol–water partition coefficient (Wildman–Crippen LogP) is 4.95. The molecular weight excluding hydrogens is 513 g/mol. The Hall–Kier alpha value is -4.24. The van der Waals surface area contributed by atoms with Gasteiger partial charge in [0, 0.05) is 11.3 Å². The fourth-order valence-electron chi connectivity index (χ4n) is 4.97. The third-order valence-corrected chi connectivity index (χ3v) is 7.40. The molecule has 0 saturated carbocycles. The summed E-state index contributed by atoms with van der Waals surface area (Å²) in [6.45, 7) is 7.40. The number of hydrogen-bond donors (Lipinski definition) is 2. The second-order valence-corrected chi connectivity index (χ2v) is 10.9. The van der Waals surface area contributed by atoms with Crippen molar-refractivity contribution < 1.29 is 28.2 Å². The van der Waals surface area contributed by atoms with Crippen LogP contribution in [0.15, 0.2) is 72.8 Å². The zero-order chi connectivity index (χ0) is 28.4. The molecule has 2 unspecified atom stereocenters. The number of halogens is 1. The molecule has 3 aromatic rings. The standard InChI is InChI=1S/C31H32FN3O5/c1-19-9-14-25(24(32)15-19)33-28(36)27(20(2)21-7-5-4-6-8-21)35-29(37)26(34-30(35)38)22-10-12-23(13-11-22)40-18-31(3)16-39-17-31/h4-15,20,26-27H,16-18H2,1-3H3,(H,33,36)(H,34,38)/t20?,26-,27?/m1/s1. The minimum atomic E-state index is -1.23. The average molecular weight is 546 g/mol. The van der Waals surface area contributed by atoms with Crippen molar-refractivity contribution >= 4 is 23.5 Å². The molecule has 2 aliphatic rings. The van der Waals surface area contributed by atoms with E-state index >= 15 is 0 Å². The van der Waals surface area contributed by atoms with E-state index in [1.807, 2.05) is 30.3 Å². The number of hydrogen-bond acceptors (Lipinski definition) is 5. The Morgan fingerprint density at radius 3 is 2.45 bits per heavy atom. The second-order valence-electron chi connectivity index (χ2n) is 10.9. The number of anilines is 1. The van der Waals surface area contributed by atoms with E-state index in [1.54, 1.807) is 44.2 Å². The predicted molar refractivity (Wildman–Crippen MR) is 147 cm³/mol. The number of ether oxygens (including phenoxy) is 2. The molecule has 5 rings (SSSR count). The Bertz CT molecular complexity index is 1410. The van der Waals surface area contributed by atoms with E-state index < -0.39 is 41.7 Å². The summed E-state index contributed by atoms with van der Waals surface area (Å²) < 4.78 is 25.7. The van der Waals surface area contributed by atoms with Gasteiger partial charge in [0.15, 0.2) is 0 Å². The highest BCUT2D eigenvalue weighted by molar-refractivity contribution is 6.10. The Labute approximate surface area is 232 Å². The van der Waals surface area contributed by atoms with Crippen molar-refractivity contribution in [2.24, 2.45) is 5.41 Å². The molecule has 3 atom stereocenters. The van der Waals surface area contributed by atoms with Crippen LogP contribution in [0.2, 0.25) is 0 Å². The molecule has 8 nitrogen and oxygen atoms in total. The van der Waals surface area contributed by atoms with Crippen LogP contribution in [0, 0.1) is 18.2 Å². The number of rotatable bonds is 9. The first-order chi connectivity index (χ1) is 19.1. The second kappa shape index (κ2) is 11.1. The summed E-state index contributed by atoms with van der Waals surface area (Å²) in [6, 6.07) is 17.6. The van der Waals surface area contributed by atoms with E-state index in [0.29, 0.717) is 36.7 Å². The maximum Gasteiger partial charge on any atom is 0.325 e. The van der Waals surface area contributed by atoms with Crippen LogP contribution in [0.4, 0.5) is 14.9 Å². The van der Waals surface area contributed by atoms with Gasteiger partial charge in [0.25, 0.3) is 5.91 Å². The van der Waals surface area contributed by atoms with Crippen LogP contribution < -0.4 is 15.4 Å². The van der Waals surface area contributed by atoms with Crippen LogP contribution >= 0.6 is 0 Å². The van der Waals surface area contributed by atoms with Gasteiger partial charge in [0.1, 0.15) is 23.7 Å². The summed E-state index contributed by atoms with van der Waals surface area (Å²) in [5, 5.41) is 5.31. The molecule has 208 valence electrons. The number of imide groups is 1. The molecular formula is C31H32FN3O5. The maximum atomic E-state index is 14.6. The zero-order valence-corrected chi connectivity index (χ0v) is 22.6. The number of carbonyl (C=O) groups is 3. The number of carbonyl (C=O) groups excluding carboxylic acids is 3. The molecule has 0 bridgehead atoms. The Morgan fingerprint density at radius 2 is 1.82 bits per heavy atom. The molecule has 2 fully saturated rings. The highest BCUT2D eigenvalue weighted by atomic mass is 19.1. The molecule has 2 saturated heterocycles. The van der Waals surface area contributed by atoms with E-state index in [4.69, 9.17) is 9.47 Å². The van der Waals surface area contributed by atoms with Gasteiger partial charge in [-0.05, 0) is 47.9 Å². The first-order valence-electron chi connectivity index (χ1n) is 13.2. The molecule has 0 spiro atoms. The molecule has 2 aliphatic heterocycles. The van der Waals surface area contributed by atoms with Gasteiger partial charge in [0.05, 0.1) is 25.5 Å². The molecule has 9 heteroatoms. The van der Waals surface area contributed by atoms with Gasteiger partial charge >= 0.3 is 6.03 Å². The first kappa shape index (κ1) is 27.3. The molecule has 0 aliphatic carbocycles. The van der Waals surface area contributed by atoms with E-state index in [0.717, 1.165) is 10.5 Å². The minimum Gasteiger partial charge on any atom is -0.493 e. The fraction of sp³-hybridized carbons (Fsp3) is 0.323. The van der Waals surface area contributed by atoms with Gasteiger partial charge < -0.3 is 20.1 Å². The lowest BCUT2D eigenvalue weighted by molar-refractivity contribution is -0.134. The molecule has 40 heavy (non-hydrogen) atoms. The smallest absolute Gasteiger partial charge is 0.325 e.